The van der Waals surface area contributed by atoms with Crippen molar-refractivity contribution in [3.63, 3.8) is 0 Å². The third-order valence-corrected chi connectivity index (χ3v) is 7.50. The quantitative estimate of drug-likeness (QED) is 0.204. The van der Waals surface area contributed by atoms with Gasteiger partial charge in [-0.3, -0.25) is 9.59 Å². The Morgan fingerprint density at radius 1 is 0.639 bits per heavy atom. The Labute approximate surface area is 203 Å². The van der Waals surface area contributed by atoms with Gasteiger partial charge in [-0.25, -0.2) is 4.79 Å². The summed E-state index contributed by atoms with van der Waals surface area (Å²) in [4.78, 5) is 36.2. The maximum Gasteiger partial charge on any atom is 0.326 e. The van der Waals surface area contributed by atoms with Crippen molar-refractivity contribution in [1.29, 1.82) is 0 Å². The highest BCUT2D eigenvalue weighted by Gasteiger charge is 2.26. The minimum absolute atomic E-state index is 0.193. The molecule has 0 unspecified atom stereocenters. The van der Waals surface area contributed by atoms with E-state index in [2.05, 4.69) is 47.8 Å². The summed E-state index contributed by atoms with van der Waals surface area (Å²) in [5, 5.41) is 34.1. The first-order chi connectivity index (χ1) is 17.4. The van der Waals surface area contributed by atoms with Crippen LogP contribution in [0.4, 0.5) is 0 Å². The third kappa shape index (κ3) is 2.69. The molecule has 0 saturated carbocycles. The van der Waals surface area contributed by atoms with Gasteiger partial charge in [-0.1, -0.05) is 60.7 Å². The number of carbonyl (C=O) groups is 3. The lowest BCUT2D eigenvalue weighted by molar-refractivity contribution is -0.140. The first-order valence-electron chi connectivity index (χ1n) is 11.8. The normalized spacial score (nSPS) is 13.1. The zero-order chi connectivity index (χ0) is 24.7. The van der Waals surface area contributed by atoms with E-state index in [1.165, 1.54) is 21.5 Å². The summed E-state index contributed by atoms with van der Waals surface area (Å²) in [6.07, 6.45) is -0.543. The average Bonchev–Trinajstić information content (AvgIpc) is 2.88. The van der Waals surface area contributed by atoms with Crippen LogP contribution in [-0.2, 0) is 9.59 Å². The monoisotopic (exact) mass is 473 g/mol. The molecule has 0 fully saturated rings. The van der Waals surface area contributed by atoms with E-state index in [-0.39, 0.29) is 12.8 Å². The second-order valence-electron chi connectivity index (χ2n) is 9.46. The van der Waals surface area contributed by atoms with Crippen LogP contribution in [0.1, 0.15) is 23.2 Å². The van der Waals surface area contributed by atoms with Crippen LogP contribution in [0.2, 0.25) is 0 Å². The molecule has 0 heterocycles. The van der Waals surface area contributed by atoms with E-state index < -0.39 is 23.9 Å². The van der Waals surface area contributed by atoms with Crippen molar-refractivity contribution < 1.29 is 24.6 Å². The van der Waals surface area contributed by atoms with Gasteiger partial charge in [0.15, 0.2) is 0 Å². The lowest BCUT2D eigenvalue weighted by Crippen LogP contribution is -2.41. The van der Waals surface area contributed by atoms with Crippen LogP contribution in [0.3, 0.4) is 0 Å². The molecular formula is C30H19NO5. The number of amides is 1. The molecule has 6 nitrogen and oxygen atoms in total. The van der Waals surface area contributed by atoms with Crippen LogP contribution in [0.15, 0.2) is 66.7 Å². The highest BCUT2D eigenvalue weighted by molar-refractivity contribution is 6.45. The molecule has 6 heteroatoms. The molecule has 0 radical (unpaired) electrons. The Morgan fingerprint density at radius 2 is 1.08 bits per heavy atom. The molecule has 1 atom stereocenters. The van der Waals surface area contributed by atoms with Gasteiger partial charge in [-0.2, -0.15) is 0 Å². The number of hydrogen-bond donors (Lipinski definition) is 3. The lowest BCUT2D eigenvalue weighted by atomic mass is 9.82. The number of rotatable bonds is 6. The van der Waals surface area contributed by atoms with Gasteiger partial charge in [0, 0.05) is 12.0 Å². The first kappa shape index (κ1) is 20.6. The number of carbonyl (C=O) groups excluding carboxylic acids is 1. The minimum atomic E-state index is -1.30. The molecule has 36 heavy (non-hydrogen) atoms. The van der Waals surface area contributed by atoms with Crippen LogP contribution in [0.5, 0.6) is 0 Å². The molecule has 0 aliphatic carbocycles. The van der Waals surface area contributed by atoms with Crippen molar-refractivity contribution in [3.05, 3.63) is 72.3 Å². The number of nitrogens with one attached hydrogen (secondary N) is 1. The predicted molar refractivity (Wildman–Crippen MR) is 141 cm³/mol. The zero-order valence-electron chi connectivity index (χ0n) is 19.0. The molecule has 7 aromatic rings. The molecule has 0 saturated heterocycles. The standard InChI is InChI=1S/C30H19NO5/c32-22(33)12-11-21(30(35)36)31-29(34)20-13-18-8-7-16-4-2-14-1-3-15-5-6-17-9-10-19(20)28-26(17)24(15)23(14)25(16)27(18)28/h1-10,13,21H,11-12H2,(H,31,34)(H,32,33)(H,35,36)/t21-/m0/s1. The van der Waals surface area contributed by atoms with E-state index in [9.17, 15) is 19.5 Å². The number of carboxylic acids is 2. The van der Waals surface area contributed by atoms with Crippen molar-refractivity contribution >= 4 is 82.5 Å². The first-order valence-corrected chi connectivity index (χ1v) is 11.8. The summed E-state index contributed by atoms with van der Waals surface area (Å²) in [6, 6.07) is 21.3. The molecule has 7 rings (SSSR count). The van der Waals surface area contributed by atoms with Gasteiger partial charge in [0.2, 0.25) is 0 Å². The Kier molecular flexibility index (Phi) is 4.10. The van der Waals surface area contributed by atoms with Gasteiger partial charge in [-0.15, -0.1) is 0 Å². The molecule has 174 valence electrons. The van der Waals surface area contributed by atoms with Crippen molar-refractivity contribution in [2.75, 3.05) is 0 Å². The van der Waals surface area contributed by atoms with Gasteiger partial charge < -0.3 is 15.5 Å². The fourth-order valence-corrected chi connectivity index (χ4v) is 5.94. The fourth-order valence-electron chi connectivity index (χ4n) is 5.94. The van der Waals surface area contributed by atoms with Crippen LogP contribution < -0.4 is 5.32 Å². The molecule has 0 aliphatic rings. The minimum Gasteiger partial charge on any atom is -0.481 e. The molecular weight excluding hydrogens is 454 g/mol. The Balaban J connectivity index is 1.55. The van der Waals surface area contributed by atoms with E-state index >= 15 is 0 Å². The smallest absolute Gasteiger partial charge is 0.326 e. The molecule has 1 amide bonds. The molecule has 0 bridgehead atoms. The molecule has 3 N–H and O–H groups in total. The van der Waals surface area contributed by atoms with Gasteiger partial charge in [0.05, 0.1) is 0 Å². The molecule has 0 spiro atoms. The van der Waals surface area contributed by atoms with Crippen molar-refractivity contribution in [2.24, 2.45) is 0 Å². The SMILES string of the molecule is O=C(O)CC[C@H](NC(=O)c1cc2ccc3ccc4ccc5ccc6ccc1c1c6c5c4c3c21)C(=O)O. The van der Waals surface area contributed by atoms with Crippen LogP contribution in [0.25, 0.3) is 64.6 Å². The van der Waals surface area contributed by atoms with Crippen LogP contribution in [0, 0.1) is 0 Å². The summed E-state index contributed by atoms with van der Waals surface area (Å²) in [6.45, 7) is 0. The van der Waals surface area contributed by atoms with E-state index in [1.54, 1.807) is 0 Å². The van der Waals surface area contributed by atoms with Crippen LogP contribution in [-0.4, -0.2) is 34.1 Å². The van der Waals surface area contributed by atoms with E-state index in [4.69, 9.17) is 5.11 Å². The largest absolute Gasteiger partial charge is 0.481 e. The van der Waals surface area contributed by atoms with Crippen LogP contribution >= 0.6 is 0 Å². The van der Waals surface area contributed by atoms with E-state index in [0.29, 0.717) is 5.56 Å². The van der Waals surface area contributed by atoms with E-state index in [1.807, 2.05) is 24.3 Å². The van der Waals surface area contributed by atoms with E-state index in [0.717, 1.165) is 43.1 Å². The van der Waals surface area contributed by atoms with Crippen molar-refractivity contribution in [2.45, 2.75) is 18.9 Å². The summed E-state index contributed by atoms with van der Waals surface area (Å²) in [5.74, 6) is -2.90. The lowest BCUT2D eigenvalue weighted by Gasteiger charge is -2.22. The van der Waals surface area contributed by atoms with Crippen molar-refractivity contribution in [1.82, 2.24) is 5.32 Å². The summed E-state index contributed by atoms with van der Waals surface area (Å²) < 4.78 is 0. The summed E-state index contributed by atoms with van der Waals surface area (Å²) >= 11 is 0. The Morgan fingerprint density at radius 3 is 1.58 bits per heavy atom. The fraction of sp³-hybridized carbons (Fsp3) is 0.100. The number of hydrogen-bond acceptors (Lipinski definition) is 3. The predicted octanol–water partition coefficient (Wildman–Crippen LogP) is 5.97. The third-order valence-electron chi connectivity index (χ3n) is 7.50. The van der Waals surface area contributed by atoms with Crippen molar-refractivity contribution in [3.8, 4) is 0 Å². The van der Waals surface area contributed by atoms with Gasteiger partial charge in [0.1, 0.15) is 6.04 Å². The number of carboxylic acid groups (broad SMARTS) is 2. The van der Waals surface area contributed by atoms with Gasteiger partial charge in [-0.05, 0) is 77.1 Å². The molecule has 0 aliphatic heterocycles. The molecule has 7 aromatic carbocycles. The topological polar surface area (TPSA) is 104 Å². The highest BCUT2D eigenvalue weighted by atomic mass is 16.4. The summed E-state index contributed by atoms with van der Waals surface area (Å²) in [7, 11) is 0. The Hall–Kier alpha value is -4.71. The van der Waals surface area contributed by atoms with Gasteiger partial charge >= 0.3 is 11.9 Å². The number of aliphatic carboxylic acids is 2. The number of benzene rings is 7. The summed E-state index contributed by atoms with van der Waals surface area (Å²) in [5.41, 5.74) is 0.379. The van der Waals surface area contributed by atoms with Gasteiger partial charge in [0.25, 0.3) is 5.91 Å². The zero-order valence-corrected chi connectivity index (χ0v) is 19.0. The highest BCUT2D eigenvalue weighted by Crippen LogP contribution is 2.48. The maximum atomic E-state index is 13.5. The Bertz CT molecular complexity index is 1950. The second-order valence-corrected chi connectivity index (χ2v) is 9.46. The second kappa shape index (κ2) is 7.15. The average molecular weight is 473 g/mol. The molecule has 0 aromatic heterocycles. The maximum absolute atomic E-state index is 13.5.